The van der Waals surface area contributed by atoms with Crippen molar-refractivity contribution in [2.45, 2.75) is 31.9 Å². The molecule has 1 aliphatic heterocycles. The van der Waals surface area contributed by atoms with E-state index in [1.54, 1.807) is 6.20 Å². The van der Waals surface area contributed by atoms with E-state index in [0.29, 0.717) is 13.1 Å². The van der Waals surface area contributed by atoms with Crippen LogP contribution in [0.3, 0.4) is 0 Å². The first-order valence-corrected chi connectivity index (χ1v) is 7.06. The third kappa shape index (κ3) is 4.70. The number of rotatable bonds is 6. The molecular formula is C14H22N4O2. The Morgan fingerprint density at radius 2 is 2.40 bits per heavy atom. The van der Waals surface area contributed by atoms with Crippen LogP contribution in [0, 0.1) is 0 Å². The summed E-state index contributed by atoms with van der Waals surface area (Å²) in [4.78, 5) is 15.8. The molecule has 0 spiro atoms. The lowest BCUT2D eigenvalue weighted by Crippen LogP contribution is -2.46. The summed E-state index contributed by atoms with van der Waals surface area (Å²) in [7, 11) is 0. The van der Waals surface area contributed by atoms with Crippen LogP contribution in [0.15, 0.2) is 24.4 Å². The second-order valence-electron chi connectivity index (χ2n) is 4.88. The van der Waals surface area contributed by atoms with Crippen molar-refractivity contribution in [2.24, 2.45) is 0 Å². The fourth-order valence-electron chi connectivity index (χ4n) is 2.18. The molecule has 2 amide bonds. The lowest BCUT2D eigenvalue weighted by atomic mass is 10.1. The Kier molecular flexibility index (Phi) is 5.61. The molecule has 110 valence electrons. The molecule has 1 aromatic heterocycles. The average molecular weight is 278 g/mol. The van der Waals surface area contributed by atoms with Crippen molar-refractivity contribution in [2.75, 3.05) is 25.0 Å². The summed E-state index contributed by atoms with van der Waals surface area (Å²) in [5.74, 6) is 0.808. The highest BCUT2D eigenvalue weighted by Crippen LogP contribution is 2.15. The molecule has 0 aromatic carbocycles. The monoisotopic (exact) mass is 278 g/mol. The van der Waals surface area contributed by atoms with Crippen LogP contribution in [-0.4, -0.2) is 42.9 Å². The minimum Gasteiger partial charge on any atom is -0.376 e. The second-order valence-corrected chi connectivity index (χ2v) is 4.88. The summed E-state index contributed by atoms with van der Waals surface area (Å²) < 4.78 is 5.54. The smallest absolute Gasteiger partial charge is 0.315 e. The van der Waals surface area contributed by atoms with E-state index in [9.17, 15) is 4.79 Å². The predicted octanol–water partition coefficient (Wildman–Crippen LogP) is 1.36. The van der Waals surface area contributed by atoms with Crippen LogP contribution < -0.4 is 16.0 Å². The lowest BCUT2D eigenvalue weighted by Gasteiger charge is -2.20. The standard InChI is InChI=1S/C14H22N4O2/c1-11(12-5-4-10-20-12)18-14(19)17-9-8-16-13-6-2-3-7-15-13/h2-3,6-7,11-12H,4-5,8-10H2,1H3,(H,15,16)(H2,17,18,19)/t11-,12+/m0/s1. The molecule has 2 atom stereocenters. The normalized spacial score (nSPS) is 19.4. The van der Waals surface area contributed by atoms with E-state index in [1.165, 1.54) is 0 Å². The predicted molar refractivity (Wildman–Crippen MR) is 77.7 cm³/mol. The number of carbonyl (C=O) groups is 1. The van der Waals surface area contributed by atoms with E-state index in [2.05, 4.69) is 20.9 Å². The molecule has 0 bridgehead atoms. The van der Waals surface area contributed by atoms with Crippen molar-refractivity contribution >= 4 is 11.8 Å². The van der Waals surface area contributed by atoms with Crippen molar-refractivity contribution in [3.63, 3.8) is 0 Å². The van der Waals surface area contributed by atoms with E-state index < -0.39 is 0 Å². The first kappa shape index (κ1) is 14.6. The van der Waals surface area contributed by atoms with Gasteiger partial charge in [-0.25, -0.2) is 9.78 Å². The number of hydrogen-bond donors (Lipinski definition) is 3. The van der Waals surface area contributed by atoms with E-state index in [0.717, 1.165) is 25.3 Å². The third-order valence-electron chi connectivity index (χ3n) is 3.26. The summed E-state index contributed by atoms with van der Waals surface area (Å²) in [5, 5.41) is 8.84. The van der Waals surface area contributed by atoms with Gasteiger partial charge in [0.2, 0.25) is 0 Å². The minimum atomic E-state index is -0.157. The lowest BCUT2D eigenvalue weighted by molar-refractivity contribution is 0.0860. The number of nitrogens with one attached hydrogen (secondary N) is 3. The zero-order chi connectivity index (χ0) is 14.2. The van der Waals surface area contributed by atoms with Crippen LogP contribution in [0.1, 0.15) is 19.8 Å². The van der Waals surface area contributed by atoms with Crippen molar-refractivity contribution in [3.05, 3.63) is 24.4 Å². The molecule has 2 heterocycles. The molecule has 6 nitrogen and oxygen atoms in total. The van der Waals surface area contributed by atoms with Crippen molar-refractivity contribution < 1.29 is 9.53 Å². The zero-order valence-corrected chi connectivity index (χ0v) is 11.8. The number of hydrogen-bond acceptors (Lipinski definition) is 4. The Morgan fingerprint density at radius 1 is 1.50 bits per heavy atom. The summed E-state index contributed by atoms with van der Waals surface area (Å²) in [6.07, 6.45) is 3.97. The van der Waals surface area contributed by atoms with E-state index in [4.69, 9.17) is 4.74 Å². The maximum absolute atomic E-state index is 11.7. The molecular weight excluding hydrogens is 256 g/mol. The number of ether oxygens (including phenoxy) is 1. The minimum absolute atomic E-state index is 0.0428. The topological polar surface area (TPSA) is 75.3 Å². The molecule has 1 fully saturated rings. The van der Waals surface area contributed by atoms with Crippen molar-refractivity contribution in [3.8, 4) is 0 Å². The van der Waals surface area contributed by atoms with Crippen LogP contribution in [0.25, 0.3) is 0 Å². The van der Waals surface area contributed by atoms with Gasteiger partial charge in [-0.1, -0.05) is 6.07 Å². The molecule has 6 heteroatoms. The molecule has 1 aromatic rings. The van der Waals surface area contributed by atoms with E-state index >= 15 is 0 Å². The molecule has 1 saturated heterocycles. The second kappa shape index (κ2) is 7.69. The van der Waals surface area contributed by atoms with Gasteiger partial charge in [0.1, 0.15) is 5.82 Å². The molecule has 3 N–H and O–H groups in total. The van der Waals surface area contributed by atoms with Gasteiger partial charge in [-0.3, -0.25) is 0 Å². The van der Waals surface area contributed by atoms with Gasteiger partial charge in [0, 0.05) is 25.9 Å². The largest absolute Gasteiger partial charge is 0.376 e. The number of aromatic nitrogens is 1. The molecule has 1 aliphatic rings. The highest BCUT2D eigenvalue weighted by Gasteiger charge is 2.23. The van der Waals surface area contributed by atoms with Gasteiger partial charge in [-0.2, -0.15) is 0 Å². The first-order chi connectivity index (χ1) is 9.75. The first-order valence-electron chi connectivity index (χ1n) is 7.06. The summed E-state index contributed by atoms with van der Waals surface area (Å²) >= 11 is 0. The van der Waals surface area contributed by atoms with Gasteiger partial charge < -0.3 is 20.7 Å². The number of amides is 2. The number of nitrogens with zero attached hydrogens (tertiary/aromatic N) is 1. The Labute approximate surface area is 119 Å². The molecule has 0 aliphatic carbocycles. The Hall–Kier alpha value is -1.82. The van der Waals surface area contributed by atoms with Crippen LogP contribution in [0.2, 0.25) is 0 Å². The molecule has 20 heavy (non-hydrogen) atoms. The summed E-state index contributed by atoms with van der Waals surface area (Å²) in [5.41, 5.74) is 0. The van der Waals surface area contributed by atoms with Gasteiger partial charge in [-0.15, -0.1) is 0 Å². The highest BCUT2D eigenvalue weighted by molar-refractivity contribution is 5.74. The van der Waals surface area contributed by atoms with Crippen molar-refractivity contribution in [1.82, 2.24) is 15.6 Å². The Bertz CT molecular complexity index is 407. The fraction of sp³-hybridized carbons (Fsp3) is 0.571. The van der Waals surface area contributed by atoms with Crippen LogP contribution in [-0.2, 0) is 4.74 Å². The SMILES string of the molecule is C[C@H](NC(=O)NCCNc1ccccn1)[C@H]1CCCO1. The van der Waals surface area contributed by atoms with Gasteiger partial charge in [0.25, 0.3) is 0 Å². The number of pyridine rings is 1. The van der Waals surface area contributed by atoms with Crippen LogP contribution >= 0.6 is 0 Å². The van der Waals surface area contributed by atoms with Crippen LogP contribution in [0.5, 0.6) is 0 Å². The average Bonchev–Trinajstić information content (AvgIpc) is 2.99. The number of urea groups is 1. The van der Waals surface area contributed by atoms with E-state index in [-0.39, 0.29) is 18.2 Å². The quantitative estimate of drug-likeness (QED) is 0.687. The van der Waals surface area contributed by atoms with Gasteiger partial charge >= 0.3 is 6.03 Å². The molecule has 0 saturated carbocycles. The third-order valence-corrected chi connectivity index (χ3v) is 3.26. The van der Waals surface area contributed by atoms with Crippen molar-refractivity contribution in [1.29, 1.82) is 0 Å². The molecule has 2 rings (SSSR count). The maximum atomic E-state index is 11.7. The summed E-state index contributed by atoms with van der Waals surface area (Å²) in [6.45, 7) is 3.95. The number of carbonyl (C=O) groups excluding carboxylic acids is 1. The highest BCUT2D eigenvalue weighted by atomic mass is 16.5. The van der Waals surface area contributed by atoms with Crippen LogP contribution in [0.4, 0.5) is 10.6 Å². The van der Waals surface area contributed by atoms with E-state index in [1.807, 2.05) is 25.1 Å². The zero-order valence-electron chi connectivity index (χ0n) is 11.8. The Balaban J connectivity index is 1.58. The maximum Gasteiger partial charge on any atom is 0.315 e. The molecule has 0 radical (unpaired) electrons. The van der Waals surface area contributed by atoms with Gasteiger partial charge in [-0.05, 0) is 31.9 Å². The van der Waals surface area contributed by atoms with Gasteiger partial charge in [0.05, 0.1) is 12.1 Å². The van der Waals surface area contributed by atoms with Gasteiger partial charge in [0.15, 0.2) is 0 Å². The molecule has 0 unspecified atom stereocenters. The number of anilines is 1. The Morgan fingerprint density at radius 3 is 3.10 bits per heavy atom. The fourth-order valence-corrected chi connectivity index (χ4v) is 2.18. The summed E-state index contributed by atoms with van der Waals surface area (Å²) in [6, 6.07) is 5.55.